The van der Waals surface area contributed by atoms with Gasteiger partial charge in [0.1, 0.15) is 11.4 Å². The van der Waals surface area contributed by atoms with Crippen molar-refractivity contribution < 1.29 is 19.0 Å². The van der Waals surface area contributed by atoms with Crippen molar-refractivity contribution in [3.8, 4) is 5.75 Å². The number of hydrogen-bond donors (Lipinski definition) is 1. The number of amides is 1. The summed E-state index contributed by atoms with van der Waals surface area (Å²) in [7, 11) is 3.25. The number of nitrogens with one attached hydrogen (secondary N) is 1. The third kappa shape index (κ3) is 7.68. The summed E-state index contributed by atoms with van der Waals surface area (Å²) in [6.45, 7) is 8.44. The van der Waals surface area contributed by atoms with Gasteiger partial charge in [-0.1, -0.05) is 37.8 Å². The molecule has 0 aliphatic heterocycles. The molecule has 27 heavy (non-hydrogen) atoms. The molecule has 1 amide bonds. The van der Waals surface area contributed by atoms with E-state index in [1.54, 1.807) is 32.4 Å². The lowest BCUT2D eigenvalue weighted by molar-refractivity contribution is -0.136. The lowest BCUT2D eigenvalue weighted by Gasteiger charge is -2.27. The zero-order valence-electron chi connectivity index (χ0n) is 17.5. The molecule has 5 nitrogen and oxygen atoms in total. The van der Waals surface area contributed by atoms with Crippen molar-refractivity contribution in [2.24, 2.45) is 0 Å². The predicted octanol–water partition coefficient (Wildman–Crippen LogP) is 5.46. The Hall–Kier alpha value is -1.30. The van der Waals surface area contributed by atoms with Crippen LogP contribution in [0.25, 0.3) is 0 Å². The second-order valence-corrected chi connectivity index (χ2v) is 7.96. The first-order valence-electron chi connectivity index (χ1n) is 9.51. The van der Waals surface area contributed by atoms with Crippen LogP contribution in [0.1, 0.15) is 59.8 Å². The number of rotatable bonds is 12. The summed E-state index contributed by atoms with van der Waals surface area (Å²) < 4.78 is 16.6. The minimum Gasteiger partial charge on any atom is -0.492 e. The van der Waals surface area contributed by atoms with E-state index in [4.69, 9.17) is 25.8 Å². The lowest BCUT2D eigenvalue weighted by Crippen LogP contribution is -2.41. The Morgan fingerprint density at radius 1 is 1.11 bits per heavy atom. The third-order valence-electron chi connectivity index (χ3n) is 4.89. The second-order valence-electron chi connectivity index (χ2n) is 7.55. The maximum Gasteiger partial charge on any atom is 0.256 e. The van der Waals surface area contributed by atoms with E-state index in [0.29, 0.717) is 29.5 Å². The van der Waals surface area contributed by atoms with Gasteiger partial charge in [0.05, 0.1) is 17.2 Å². The lowest BCUT2D eigenvalue weighted by atomic mass is 9.97. The molecule has 0 radical (unpaired) electrons. The first kappa shape index (κ1) is 23.7. The summed E-state index contributed by atoms with van der Waals surface area (Å²) in [5.41, 5.74) is -0.487. The molecule has 1 aromatic carbocycles. The molecule has 1 aromatic rings. The molecule has 0 heterocycles. The SMILES string of the molecule is CCCCCC(C)(OC)C(=O)Nc1ccc(OCCC(C)(C)OC)c(Cl)c1. The first-order chi connectivity index (χ1) is 12.7. The Morgan fingerprint density at radius 3 is 2.37 bits per heavy atom. The highest BCUT2D eigenvalue weighted by Crippen LogP contribution is 2.29. The topological polar surface area (TPSA) is 56.8 Å². The fourth-order valence-corrected chi connectivity index (χ4v) is 2.72. The van der Waals surface area contributed by atoms with Crippen LogP contribution in [0.4, 0.5) is 5.69 Å². The largest absolute Gasteiger partial charge is 0.492 e. The molecular formula is C21H34ClNO4. The van der Waals surface area contributed by atoms with E-state index in [0.717, 1.165) is 25.7 Å². The van der Waals surface area contributed by atoms with Gasteiger partial charge in [0.2, 0.25) is 0 Å². The maximum atomic E-state index is 12.6. The van der Waals surface area contributed by atoms with E-state index < -0.39 is 5.60 Å². The molecule has 154 valence electrons. The zero-order valence-corrected chi connectivity index (χ0v) is 18.2. The zero-order chi connectivity index (χ0) is 20.5. The second kappa shape index (κ2) is 10.9. The Kier molecular flexibility index (Phi) is 9.57. The molecule has 6 heteroatoms. The predicted molar refractivity (Wildman–Crippen MR) is 111 cm³/mol. The van der Waals surface area contributed by atoms with Crippen molar-refractivity contribution in [2.45, 2.75) is 71.0 Å². The van der Waals surface area contributed by atoms with Gasteiger partial charge in [-0.05, 0) is 45.4 Å². The van der Waals surface area contributed by atoms with Crippen LogP contribution in [-0.2, 0) is 14.3 Å². The molecule has 0 aliphatic rings. The quantitative estimate of drug-likeness (QED) is 0.474. The number of carbonyl (C=O) groups excluding carboxylic acids is 1. The van der Waals surface area contributed by atoms with Gasteiger partial charge in [-0.15, -0.1) is 0 Å². The highest BCUT2D eigenvalue weighted by molar-refractivity contribution is 6.32. The van der Waals surface area contributed by atoms with E-state index in [1.807, 2.05) is 20.8 Å². The van der Waals surface area contributed by atoms with Crippen LogP contribution in [0.3, 0.4) is 0 Å². The normalized spacial score (nSPS) is 13.9. The van der Waals surface area contributed by atoms with E-state index >= 15 is 0 Å². The maximum absolute atomic E-state index is 12.6. The Bertz CT molecular complexity index is 606. The number of ether oxygens (including phenoxy) is 3. The van der Waals surface area contributed by atoms with Crippen LogP contribution in [0.15, 0.2) is 18.2 Å². The van der Waals surface area contributed by atoms with Gasteiger partial charge < -0.3 is 19.5 Å². The molecular weight excluding hydrogens is 366 g/mol. The summed E-state index contributed by atoms with van der Waals surface area (Å²) in [6.07, 6.45) is 4.53. The van der Waals surface area contributed by atoms with Gasteiger partial charge in [0, 0.05) is 26.3 Å². The van der Waals surface area contributed by atoms with Crippen LogP contribution in [0.2, 0.25) is 5.02 Å². The number of hydrogen-bond acceptors (Lipinski definition) is 4. The summed E-state index contributed by atoms with van der Waals surface area (Å²) in [4.78, 5) is 12.6. The number of halogens is 1. The Balaban J connectivity index is 2.68. The number of methoxy groups -OCH3 is 2. The van der Waals surface area contributed by atoms with Crippen molar-refractivity contribution in [2.75, 3.05) is 26.1 Å². The Morgan fingerprint density at radius 2 is 1.81 bits per heavy atom. The summed E-state index contributed by atoms with van der Waals surface area (Å²) >= 11 is 6.31. The molecule has 0 aliphatic carbocycles. The molecule has 0 aromatic heterocycles. The standard InChI is InChI=1S/C21H34ClNO4/c1-7-8-9-12-21(4,26-6)19(24)23-16-10-11-18(17(22)15-16)27-14-13-20(2,3)25-5/h10-11,15H,7-9,12-14H2,1-6H3,(H,23,24). The molecule has 0 saturated carbocycles. The van der Waals surface area contributed by atoms with Crippen molar-refractivity contribution in [3.05, 3.63) is 23.2 Å². The molecule has 1 unspecified atom stereocenters. The van der Waals surface area contributed by atoms with Crippen LogP contribution in [0, 0.1) is 0 Å². The van der Waals surface area contributed by atoms with Crippen LogP contribution in [-0.4, -0.2) is 37.9 Å². The molecule has 1 N–H and O–H groups in total. The number of carbonyl (C=O) groups is 1. The average Bonchev–Trinajstić information content (AvgIpc) is 2.63. The summed E-state index contributed by atoms with van der Waals surface area (Å²) in [6, 6.07) is 5.24. The summed E-state index contributed by atoms with van der Waals surface area (Å²) in [5, 5.41) is 3.35. The molecule has 1 atom stereocenters. The van der Waals surface area contributed by atoms with Crippen LogP contribution < -0.4 is 10.1 Å². The third-order valence-corrected chi connectivity index (χ3v) is 5.19. The average molecular weight is 400 g/mol. The van der Waals surface area contributed by atoms with Gasteiger partial charge >= 0.3 is 0 Å². The van der Waals surface area contributed by atoms with Crippen LogP contribution in [0.5, 0.6) is 5.75 Å². The van der Waals surface area contributed by atoms with Gasteiger partial charge in [-0.2, -0.15) is 0 Å². The van der Waals surface area contributed by atoms with Crippen molar-refractivity contribution >= 4 is 23.2 Å². The Labute approximate surface area is 168 Å². The highest BCUT2D eigenvalue weighted by atomic mass is 35.5. The van der Waals surface area contributed by atoms with E-state index in [1.165, 1.54) is 0 Å². The minimum atomic E-state index is -0.859. The molecule has 0 saturated heterocycles. The van der Waals surface area contributed by atoms with E-state index in [2.05, 4.69) is 12.2 Å². The smallest absolute Gasteiger partial charge is 0.256 e. The molecule has 0 spiro atoms. The van der Waals surface area contributed by atoms with Crippen molar-refractivity contribution in [1.82, 2.24) is 0 Å². The van der Waals surface area contributed by atoms with Gasteiger partial charge in [0.15, 0.2) is 0 Å². The minimum absolute atomic E-state index is 0.173. The monoisotopic (exact) mass is 399 g/mol. The first-order valence-corrected chi connectivity index (χ1v) is 9.89. The van der Waals surface area contributed by atoms with E-state index in [-0.39, 0.29) is 11.5 Å². The van der Waals surface area contributed by atoms with Gasteiger partial charge in [0.25, 0.3) is 5.91 Å². The highest BCUT2D eigenvalue weighted by Gasteiger charge is 2.32. The number of anilines is 1. The van der Waals surface area contributed by atoms with Gasteiger partial charge in [-0.3, -0.25) is 4.79 Å². The molecule has 0 bridgehead atoms. The summed E-state index contributed by atoms with van der Waals surface area (Å²) in [5.74, 6) is 0.409. The van der Waals surface area contributed by atoms with Gasteiger partial charge in [-0.25, -0.2) is 0 Å². The fourth-order valence-electron chi connectivity index (χ4n) is 2.49. The van der Waals surface area contributed by atoms with E-state index in [9.17, 15) is 4.79 Å². The number of unbranched alkanes of at least 4 members (excludes halogenated alkanes) is 2. The number of benzene rings is 1. The van der Waals surface area contributed by atoms with Crippen molar-refractivity contribution in [1.29, 1.82) is 0 Å². The van der Waals surface area contributed by atoms with Crippen molar-refractivity contribution in [3.63, 3.8) is 0 Å². The van der Waals surface area contributed by atoms with Crippen LogP contribution >= 0.6 is 11.6 Å². The fraction of sp³-hybridized carbons (Fsp3) is 0.667. The molecule has 1 rings (SSSR count). The molecule has 0 fully saturated rings.